The third-order valence-electron chi connectivity index (χ3n) is 4.58. The molecule has 2 fully saturated rings. The Balaban J connectivity index is 1.61. The van der Waals surface area contributed by atoms with Crippen molar-refractivity contribution in [2.45, 2.75) is 25.0 Å². The third kappa shape index (κ3) is 3.67. The molecule has 4 N–H and O–H groups in total. The zero-order chi connectivity index (χ0) is 18.4. The molecular weight excluding hydrogens is 363 g/mol. The molecule has 1 aliphatic carbocycles. The third-order valence-corrected chi connectivity index (χ3v) is 5.04. The summed E-state index contributed by atoms with van der Waals surface area (Å²) in [6.07, 6.45) is 2.51. The van der Waals surface area contributed by atoms with Crippen molar-refractivity contribution in [2.75, 3.05) is 43.3 Å². The van der Waals surface area contributed by atoms with E-state index in [0.717, 1.165) is 12.8 Å². The summed E-state index contributed by atoms with van der Waals surface area (Å²) < 4.78 is 23.8. The first-order valence-corrected chi connectivity index (χ1v) is 10.1. The number of aromatic nitrogens is 4. The van der Waals surface area contributed by atoms with Gasteiger partial charge < -0.3 is 34.5 Å². The van der Waals surface area contributed by atoms with Gasteiger partial charge in [-0.15, -0.1) is 0 Å². The predicted octanol–water partition coefficient (Wildman–Crippen LogP) is -0.0705. The number of imidazole rings is 1. The van der Waals surface area contributed by atoms with Gasteiger partial charge in [-0.1, -0.05) is 0 Å². The second-order valence-electron chi connectivity index (χ2n) is 6.67. The summed E-state index contributed by atoms with van der Waals surface area (Å²) >= 11 is 0. The maximum atomic E-state index is 11.1. The molecule has 11 nitrogen and oxygen atoms in total. The quantitative estimate of drug-likeness (QED) is 0.578. The zero-order valence-electron chi connectivity index (χ0n) is 14.1. The van der Waals surface area contributed by atoms with Crippen molar-refractivity contribution >= 4 is 30.5 Å². The van der Waals surface area contributed by atoms with Crippen LogP contribution in [0, 0.1) is 0 Å². The lowest BCUT2D eigenvalue weighted by Gasteiger charge is -2.27. The van der Waals surface area contributed by atoms with Gasteiger partial charge in [0.1, 0.15) is 6.35 Å². The second kappa shape index (κ2) is 6.43. The highest BCUT2D eigenvalue weighted by Crippen LogP contribution is 2.46. The van der Waals surface area contributed by atoms with Crippen molar-refractivity contribution in [3.63, 3.8) is 0 Å². The molecule has 0 amide bonds. The maximum absolute atomic E-state index is 11.1. The highest BCUT2D eigenvalue weighted by Gasteiger charge is 2.46. The van der Waals surface area contributed by atoms with E-state index < -0.39 is 19.5 Å². The Hall–Kier alpha value is -1.78. The van der Waals surface area contributed by atoms with Crippen LogP contribution in [0.2, 0.25) is 0 Å². The Morgan fingerprint density at radius 2 is 2.04 bits per heavy atom. The fourth-order valence-electron chi connectivity index (χ4n) is 3.08. The van der Waals surface area contributed by atoms with E-state index in [9.17, 15) is 4.57 Å². The summed E-state index contributed by atoms with van der Waals surface area (Å²) in [4.78, 5) is 33.2. The highest BCUT2D eigenvalue weighted by atomic mass is 31.2. The van der Waals surface area contributed by atoms with E-state index in [4.69, 9.17) is 25.0 Å². The zero-order valence-corrected chi connectivity index (χ0v) is 15.0. The lowest BCUT2D eigenvalue weighted by Crippen LogP contribution is -2.37. The molecule has 26 heavy (non-hydrogen) atoms. The summed E-state index contributed by atoms with van der Waals surface area (Å²) in [6.45, 7) is 3.04. The van der Waals surface area contributed by atoms with E-state index in [-0.39, 0.29) is 5.95 Å². The SMILES string of the molecule is Nc1nc(N2CCOCC2)c2ncn(CC3(OCP(=O)(O)O)CC3)c2n1. The molecule has 2 aromatic rings. The monoisotopic (exact) mass is 384 g/mol. The van der Waals surface area contributed by atoms with Gasteiger partial charge >= 0.3 is 7.60 Å². The van der Waals surface area contributed by atoms with Crippen LogP contribution in [0.3, 0.4) is 0 Å². The number of hydrogen-bond acceptors (Lipinski definition) is 8. The Bertz CT molecular complexity index is 857. The van der Waals surface area contributed by atoms with Gasteiger partial charge in [-0.05, 0) is 12.8 Å². The number of ether oxygens (including phenoxy) is 2. The van der Waals surface area contributed by atoms with Crippen molar-refractivity contribution in [3.05, 3.63) is 6.33 Å². The van der Waals surface area contributed by atoms with E-state index >= 15 is 0 Å². The first-order chi connectivity index (χ1) is 12.4. The summed E-state index contributed by atoms with van der Waals surface area (Å²) in [6, 6.07) is 0. The molecule has 0 spiro atoms. The second-order valence-corrected chi connectivity index (χ2v) is 8.26. The number of nitrogens with two attached hydrogens (primary N) is 1. The molecular formula is C14H21N6O5P. The molecule has 0 radical (unpaired) electrons. The molecule has 2 aromatic heterocycles. The van der Waals surface area contributed by atoms with Crippen molar-refractivity contribution in [1.82, 2.24) is 19.5 Å². The fourth-order valence-corrected chi connectivity index (χ4v) is 3.52. The van der Waals surface area contributed by atoms with Crippen LogP contribution in [0.1, 0.15) is 12.8 Å². The van der Waals surface area contributed by atoms with Gasteiger partial charge in [0.15, 0.2) is 17.0 Å². The molecule has 1 aliphatic heterocycles. The summed E-state index contributed by atoms with van der Waals surface area (Å²) in [5.41, 5.74) is 6.54. The summed E-state index contributed by atoms with van der Waals surface area (Å²) in [5.74, 6) is 0.831. The lowest BCUT2D eigenvalue weighted by molar-refractivity contribution is 0.0417. The van der Waals surface area contributed by atoms with Gasteiger partial charge in [0.25, 0.3) is 0 Å². The molecule has 0 bridgehead atoms. The van der Waals surface area contributed by atoms with Crippen LogP contribution < -0.4 is 10.6 Å². The largest absolute Gasteiger partial charge is 0.378 e. The molecule has 1 saturated carbocycles. The molecule has 4 rings (SSSR count). The normalized spacial score (nSPS) is 19.8. The van der Waals surface area contributed by atoms with Crippen molar-refractivity contribution in [3.8, 4) is 0 Å². The van der Waals surface area contributed by atoms with Crippen LogP contribution in [0.25, 0.3) is 11.2 Å². The summed E-state index contributed by atoms with van der Waals surface area (Å²) in [7, 11) is -4.21. The Labute approximate surface area is 149 Å². The van der Waals surface area contributed by atoms with Gasteiger partial charge in [0.05, 0.1) is 31.7 Å². The predicted molar refractivity (Wildman–Crippen MR) is 92.7 cm³/mol. The number of nitrogen functional groups attached to an aromatic ring is 1. The van der Waals surface area contributed by atoms with Gasteiger partial charge in [-0.3, -0.25) is 4.57 Å². The molecule has 0 aromatic carbocycles. The summed E-state index contributed by atoms with van der Waals surface area (Å²) in [5, 5.41) is 0. The van der Waals surface area contributed by atoms with Crippen LogP contribution in [-0.2, 0) is 20.6 Å². The Morgan fingerprint density at radius 1 is 1.31 bits per heavy atom. The minimum absolute atomic E-state index is 0.154. The molecule has 1 saturated heterocycles. The number of fused-ring (bicyclic) bond motifs is 1. The number of morpholine rings is 1. The van der Waals surface area contributed by atoms with Crippen LogP contribution in [0.4, 0.5) is 11.8 Å². The van der Waals surface area contributed by atoms with Gasteiger partial charge in [-0.2, -0.15) is 9.97 Å². The molecule has 0 atom stereocenters. The Morgan fingerprint density at radius 3 is 2.69 bits per heavy atom. The van der Waals surface area contributed by atoms with Crippen LogP contribution in [0.5, 0.6) is 0 Å². The maximum Gasteiger partial charge on any atom is 0.351 e. The van der Waals surface area contributed by atoms with E-state index in [1.54, 1.807) is 6.33 Å². The topological polar surface area (TPSA) is 149 Å². The van der Waals surface area contributed by atoms with E-state index in [1.807, 2.05) is 4.57 Å². The van der Waals surface area contributed by atoms with Crippen LogP contribution in [0.15, 0.2) is 6.33 Å². The molecule has 0 unspecified atom stereocenters. The van der Waals surface area contributed by atoms with E-state index in [0.29, 0.717) is 49.8 Å². The highest BCUT2D eigenvalue weighted by molar-refractivity contribution is 7.51. The number of rotatable bonds is 6. The number of anilines is 2. The average Bonchev–Trinajstić information content (AvgIpc) is 3.27. The molecule has 12 heteroatoms. The van der Waals surface area contributed by atoms with Crippen molar-refractivity contribution in [2.24, 2.45) is 0 Å². The van der Waals surface area contributed by atoms with E-state index in [2.05, 4.69) is 19.9 Å². The number of hydrogen-bond donors (Lipinski definition) is 3. The van der Waals surface area contributed by atoms with Gasteiger partial charge in [-0.25, -0.2) is 4.98 Å². The first kappa shape index (κ1) is 17.6. The smallest absolute Gasteiger partial charge is 0.351 e. The average molecular weight is 384 g/mol. The van der Waals surface area contributed by atoms with Crippen LogP contribution >= 0.6 is 7.60 Å². The first-order valence-electron chi connectivity index (χ1n) is 8.35. The van der Waals surface area contributed by atoms with Crippen LogP contribution in [-0.4, -0.2) is 67.6 Å². The minimum atomic E-state index is -4.21. The standard InChI is InChI=1S/C14H21N6O5P/c15-13-17-11(19-3-5-24-6-4-19)10-12(18-13)20(8-16-10)7-14(1-2-14)25-9-26(21,22)23/h8H,1-7,9H2,(H2,15,17,18)(H2,21,22,23). The minimum Gasteiger partial charge on any atom is -0.378 e. The lowest BCUT2D eigenvalue weighted by atomic mass is 10.3. The Kier molecular flexibility index (Phi) is 4.36. The van der Waals surface area contributed by atoms with E-state index in [1.165, 1.54) is 0 Å². The van der Waals surface area contributed by atoms with Crippen molar-refractivity contribution < 1.29 is 23.8 Å². The molecule has 2 aliphatic rings. The van der Waals surface area contributed by atoms with Gasteiger partial charge in [0, 0.05) is 13.1 Å². The fraction of sp³-hybridized carbons (Fsp3) is 0.643. The molecule has 142 valence electrons. The van der Waals surface area contributed by atoms with Gasteiger partial charge in [0.2, 0.25) is 5.95 Å². The van der Waals surface area contributed by atoms with Crippen molar-refractivity contribution in [1.29, 1.82) is 0 Å². The molecule has 3 heterocycles. The number of nitrogens with zero attached hydrogens (tertiary/aromatic N) is 5.